The van der Waals surface area contributed by atoms with E-state index in [-0.39, 0.29) is 36.2 Å². The molecule has 3 aliphatic heterocycles. The Hall–Kier alpha value is -1.79. The van der Waals surface area contributed by atoms with Crippen molar-refractivity contribution in [3.8, 4) is 5.75 Å². The average molecular weight is 479 g/mol. The van der Waals surface area contributed by atoms with E-state index in [1.165, 1.54) is 38.9 Å². The van der Waals surface area contributed by atoms with Gasteiger partial charge in [0.05, 0.1) is 19.1 Å². The highest BCUT2D eigenvalue weighted by Crippen LogP contribution is 2.40. The lowest BCUT2D eigenvalue weighted by Gasteiger charge is -2.48. The van der Waals surface area contributed by atoms with Gasteiger partial charge >= 0.3 is 5.97 Å². The molecule has 0 aromatic heterocycles. The van der Waals surface area contributed by atoms with E-state index in [0.29, 0.717) is 23.5 Å². The van der Waals surface area contributed by atoms with Gasteiger partial charge in [0.25, 0.3) is 5.91 Å². The molecule has 1 N–H and O–H groups in total. The number of ether oxygens (including phenoxy) is 2. The van der Waals surface area contributed by atoms with E-state index in [1.807, 2.05) is 38.1 Å². The molecule has 0 spiro atoms. The van der Waals surface area contributed by atoms with E-state index in [0.717, 1.165) is 38.0 Å². The molecule has 4 aliphatic rings. The molecule has 4 fully saturated rings. The summed E-state index contributed by atoms with van der Waals surface area (Å²) in [5.41, 5.74) is 0.991. The highest BCUT2D eigenvalue weighted by Gasteiger charge is 2.40. The van der Waals surface area contributed by atoms with E-state index in [4.69, 9.17) is 9.47 Å². The zero-order valence-electron chi connectivity index (χ0n) is 20.0. The maximum absolute atomic E-state index is 12.7. The first-order valence-corrected chi connectivity index (χ1v) is 12.4. The molecular weight excluding hydrogens is 440 g/mol. The molecule has 184 valence electrons. The summed E-state index contributed by atoms with van der Waals surface area (Å²) in [6.07, 6.45) is 6.85. The molecule has 3 saturated heterocycles. The number of nitrogens with zero attached hydrogens (tertiary/aromatic N) is 1. The van der Waals surface area contributed by atoms with Crippen molar-refractivity contribution in [3.63, 3.8) is 0 Å². The van der Waals surface area contributed by atoms with Crippen molar-refractivity contribution >= 4 is 24.3 Å². The standard InChI is InChI=1S/C26H38N2O4.ClH/c1-19(2)17-31-25(30)21-3-7-22(8-4-21)27-24(29)20-5-9-23(10-6-20)32-18-26-11-14-28(15-12-26)16-13-26;/h5-6,9-10,19,21-22H,3-4,7-8,11-18H2,1-2H3,(H,27,29);1H. The Kier molecular flexibility index (Phi) is 9.05. The Morgan fingerprint density at radius 2 is 1.64 bits per heavy atom. The van der Waals surface area contributed by atoms with Gasteiger partial charge in [-0.2, -0.15) is 0 Å². The number of hydrogen-bond donors (Lipinski definition) is 1. The molecular formula is C26H39ClN2O4. The van der Waals surface area contributed by atoms with Crippen LogP contribution in [0.5, 0.6) is 5.75 Å². The van der Waals surface area contributed by atoms with Gasteiger partial charge in [-0.25, -0.2) is 0 Å². The molecule has 3 heterocycles. The number of carbonyl (C=O) groups excluding carboxylic acids is 2. The second-order valence-corrected chi connectivity index (χ2v) is 10.5. The van der Waals surface area contributed by atoms with Crippen molar-refractivity contribution in [3.05, 3.63) is 29.8 Å². The molecule has 5 rings (SSSR count). The number of halogens is 1. The summed E-state index contributed by atoms with van der Waals surface area (Å²) in [6.45, 7) is 8.93. The summed E-state index contributed by atoms with van der Waals surface area (Å²) in [5.74, 6) is 1.02. The largest absolute Gasteiger partial charge is 0.493 e. The second kappa shape index (κ2) is 11.6. The molecule has 7 heteroatoms. The average Bonchev–Trinajstić information content (AvgIpc) is 2.83. The summed E-state index contributed by atoms with van der Waals surface area (Å²) in [4.78, 5) is 27.4. The lowest BCUT2D eigenvalue weighted by Crippen LogP contribution is -2.50. The van der Waals surface area contributed by atoms with Crippen LogP contribution in [0.15, 0.2) is 24.3 Å². The maximum Gasteiger partial charge on any atom is 0.308 e. The van der Waals surface area contributed by atoms with Crippen LogP contribution in [0.2, 0.25) is 0 Å². The molecule has 0 atom stereocenters. The number of amides is 1. The fourth-order valence-electron chi connectivity index (χ4n) is 5.16. The summed E-state index contributed by atoms with van der Waals surface area (Å²) in [7, 11) is 0. The molecule has 2 bridgehead atoms. The number of piperidine rings is 3. The molecule has 1 amide bonds. The summed E-state index contributed by atoms with van der Waals surface area (Å²) >= 11 is 0. The maximum atomic E-state index is 12.7. The van der Waals surface area contributed by atoms with Gasteiger partial charge in [0.15, 0.2) is 0 Å². The van der Waals surface area contributed by atoms with Crippen LogP contribution in [0.4, 0.5) is 0 Å². The zero-order chi connectivity index (χ0) is 22.6. The normalized spacial score (nSPS) is 28.6. The van der Waals surface area contributed by atoms with Crippen LogP contribution in [-0.2, 0) is 9.53 Å². The number of hydrogen-bond acceptors (Lipinski definition) is 5. The van der Waals surface area contributed by atoms with Crippen LogP contribution in [0.3, 0.4) is 0 Å². The van der Waals surface area contributed by atoms with Gasteiger partial charge in [-0.15, -0.1) is 12.4 Å². The Morgan fingerprint density at radius 3 is 2.21 bits per heavy atom. The number of fused-ring (bicyclic) bond motifs is 3. The first-order valence-electron chi connectivity index (χ1n) is 12.4. The predicted molar refractivity (Wildman–Crippen MR) is 131 cm³/mol. The number of benzene rings is 1. The second-order valence-electron chi connectivity index (χ2n) is 10.5. The van der Waals surface area contributed by atoms with Gasteiger partial charge in [-0.1, -0.05) is 13.8 Å². The first-order chi connectivity index (χ1) is 15.4. The molecule has 1 aliphatic carbocycles. The molecule has 1 aromatic rings. The number of nitrogens with one attached hydrogen (secondary N) is 1. The van der Waals surface area contributed by atoms with E-state index in [9.17, 15) is 9.59 Å². The van der Waals surface area contributed by atoms with Crippen molar-refractivity contribution < 1.29 is 19.1 Å². The van der Waals surface area contributed by atoms with Crippen LogP contribution in [-0.4, -0.2) is 55.7 Å². The molecule has 1 aromatic carbocycles. The van der Waals surface area contributed by atoms with Gasteiger partial charge < -0.3 is 19.7 Å². The first kappa shape index (κ1) is 25.8. The lowest BCUT2D eigenvalue weighted by atomic mass is 9.73. The van der Waals surface area contributed by atoms with Crippen molar-refractivity contribution in [1.29, 1.82) is 0 Å². The number of esters is 1. The van der Waals surface area contributed by atoms with Gasteiger partial charge in [-0.3, -0.25) is 9.59 Å². The van der Waals surface area contributed by atoms with Crippen LogP contribution in [0, 0.1) is 17.3 Å². The van der Waals surface area contributed by atoms with E-state index < -0.39 is 0 Å². The van der Waals surface area contributed by atoms with Crippen molar-refractivity contribution in [1.82, 2.24) is 10.2 Å². The zero-order valence-corrected chi connectivity index (χ0v) is 20.8. The summed E-state index contributed by atoms with van der Waals surface area (Å²) < 4.78 is 11.5. The van der Waals surface area contributed by atoms with Gasteiger partial charge in [0, 0.05) is 17.0 Å². The van der Waals surface area contributed by atoms with E-state index in [1.54, 1.807) is 0 Å². The number of rotatable bonds is 8. The fourth-order valence-corrected chi connectivity index (χ4v) is 5.16. The van der Waals surface area contributed by atoms with Crippen molar-refractivity contribution in [2.75, 3.05) is 32.8 Å². The Balaban J connectivity index is 0.00000306. The third kappa shape index (κ3) is 6.86. The predicted octanol–water partition coefficient (Wildman–Crippen LogP) is 4.46. The Labute approximate surface area is 204 Å². The highest BCUT2D eigenvalue weighted by atomic mass is 35.5. The van der Waals surface area contributed by atoms with Gasteiger partial charge in [-0.05, 0) is 94.8 Å². The smallest absolute Gasteiger partial charge is 0.308 e. The molecule has 0 radical (unpaired) electrons. The highest BCUT2D eigenvalue weighted by molar-refractivity contribution is 5.94. The van der Waals surface area contributed by atoms with E-state index in [2.05, 4.69) is 10.2 Å². The molecule has 6 nitrogen and oxygen atoms in total. The monoisotopic (exact) mass is 478 g/mol. The SMILES string of the molecule is CC(C)COC(=O)C1CCC(NC(=O)c2ccc(OCC34CCN(CC3)CC4)cc2)CC1.Cl. The Morgan fingerprint density at radius 1 is 1.03 bits per heavy atom. The lowest BCUT2D eigenvalue weighted by molar-refractivity contribution is -0.150. The molecule has 1 saturated carbocycles. The van der Waals surface area contributed by atoms with Crippen LogP contribution >= 0.6 is 12.4 Å². The topological polar surface area (TPSA) is 67.9 Å². The van der Waals surface area contributed by atoms with Crippen molar-refractivity contribution in [2.24, 2.45) is 17.3 Å². The third-order valence-corrected chi connectivity index (χ3v) is 7.49. The Bertz CT molecular complexity index is 768. The third-order valence-electron chi connectivity index (χ3n) is 7.49. The summed E-state index contributed by atoms with van der Waals surface area (Å²) in [5, 5.41) is 3.13. The quantitative estimate of drug-likeness (QED) is 0.558. The fraction of sp³-hybridized carbons (Fsp3) is 0.692. The minimum Gasteiger partial charge on any atom is -0.493 e. The van der Waals surface area contributed by atoms with Gasteiger partial charge in [0.2, 0.25) is 0 Å². The van der Waals surface area contributed by atoms with Crippen molar-refractivity contribution in [2.45, 2.75) is 64.8 Å². The van der Waals surface area contributed by atoms with Crippen LogP contribution < -0.4 is 10.1 Å². The van der Waals surface area contributed by atoms with E-state index >= 15 is 0 Å². The molecule has 0 unspecified atom stereocenters. The summed E-state index contributed by atoms with van der Waals surface area (Å²) in [6, 6.07) is 7.63. The number of carbonyl (C=O) groups is 2. The van der Waals surface area contributed by atoms with Crippen LogP contribution in [0.25, 0.3) is 0 Å². The molecule has 33 heavy (non-hydrogen) atoms. The minimum absolute atomic E-state index is 0. The van der Waals surface area contributed by atoms with Gasteiger partial charge in [0.1, 0.15) is 5.75 Å². The van der Waals surface area contributed by atoms with Crippen LogP contribution in [0.1, 0.15) is 69.2 Å². The minimum atomic E-state index is -0.0858.